The molecule has 0 fully saturated rings. The molecule has 0 spiro atoms. The van der Waals surface area contributed by atoms with Gasteiger partial charge in [0.15, 0.2) is 6.10 Å². The van der Waals surface area contributed by atoms with Crippen LogP contribution in [0, 0.1) is 0 Å². The Hall–Kier alpha value is -1.53. The summed E-state index contributed by atoms with van der Waals surface area (Å²) in [5.41, 5.74) is 0. The van der Waals surface area contributed by atoms with Gasteiger partial charge < -0.3 is 19.0 Å². The van der Waals surface area contributed by atoms with E-state index in [1.165, 1.54) is 24.5 Å². The monoisotopic (exact) mass is 409 g/mol. The zero-order chi connectivity index (χ0) is 19.6. The maximum absolute atomic E-state index is 12.3. The smallest absolute Gasteiger partial charge is 0.425 e. The Morgan fingerprint density at radius 1 is 1.15 bits per heavy atom. The van der Waals surface area contributed by atoms with Crippen molar-refractivity contribution in [2.24, 2.45) is 0 Å². The molecule has 0 aliphatic heterocycles. The quantitative estimate of drug-likeness (QED) is 0.428. The van der Waals surface area contributed by atoms with Crippen molar-refractivity contribution < 1.29 is 36.5 Å². The summed E-state index contributed by atoms with van der Waals surface area (Å²) in [5.74, 6) is 0. The molecule has 0 heterocycles. The van der Waals surface area contributed by atoms with Crippen LogP contribution in [0.15, 0.2) is 34.1 Å². The number of rotatable bonds is 11. The summed E-state index contributed by atoms with van der Waals surface area (Å²) in [5, 5.41) is 0. The normalized spacial score (nSPS) is 12.8. The minimum Gasteiger partial charge on any atom is -0.425 e. The highest BCUT2D eigenvalue weighted by Gasteiger charge is 2.23. The van der Waals surface area contributed by atoms with Crippen LogP contribution in [0.1, 0.15) is 13.8 Å². The van der Waals surface area contributed by atoms with Gasteiger partial charge in [0.25, 0.3) is 10.0 Å². The van der Waals surface area contributed by atoms with Crippen molar-refractivity contribution in [2.45, 2.75) is 29.7 Å². The maximum Gasteiger partial charge on any atom is 0.529 e. The molecule has 1 rings (SSSR count). The van der Waals surface area contributed by atoms with Crippen LogP contribution in [-0.4, -0.2) is 57.6 Å². The summed E-state index contributed by atoms with van der Waals surface area (Å²) in [4.78, 5) is 17.7. The Balaban J connectivity index is 2.71. The van der Waals surface area contributed by atoms with Gasteiger partial charge in [-0.2, -0.15) is 0 Å². The van der Waals surface area contributed by atoms with Crippen molar-refractivity contribution in [2.75, 3.05) is 32.7 Å². The van der Waals surface area contributed by atoms with E-state index in [4.69, 9.17) is 14.2 Å². The summed E-state index contributed by atoms with van der Waals surface area (Å²) in [6, 6.07) is 5.67. The van der Waals surface area contributed by atoms with E-state index >= 15 is 0 Å². The molecule has 0 bridgehead atoms. The molecule has 148 valence electrons. The lowest BCUT2D eigenvalue weighted by molar-refractivity contribution is -0.0532. The first kappa shape index (κ1) is 22.5. The molecular weight excluding hydrogens is 386 g/mol. The highest BCUT2D eigenvalue weighted by Crippen LogP contribution is 2.18. The Morgan fingerprint density at radius 2 is 1.73 bits per heavy atom. The van der Waals surface area contributed by atoms with Gasteiger partial charge in [0.05, 0.1) is 28.9 Å². The van der Waals surface area contributed by atoms with Gasteiger partial charge in [0.2, 0.25) is 0 Å². The molecule has 1 aromatic carbocycles. The topological polar surface area (TPSA) is 117 Å². The standard InChI is InChI=1S/C15H23NO8S2/c1-4-21-10-12(11-22-5-2)23-15(17)24-16-26(19,20)14-9-7-6-8-13(14)25(3)18/h6-9,12,16H,4-5,10-11H2,1-3H3. The van der Waals surface area contributed by atoms with Crippen molar-refractivity contribution in [3.63, 3.8) is 0 Å². The van der Waals surface area contributed by atoms with Crippen molar-refractivity contribution >= 4 is 27.0 Å². The van der Waals surface area contributed by atoms with Crippen molar-refractivity contribution in [3.8, 4) is 0 Å². The number of nitrogens with one attached hydrogen (secondary N) is 1. The van der Waals surface area contributed by atoms with E-state index in [9.17, 15) is 17.4 Å². The molecule has 0 aliphatic carbocycles. The minimum absolute atomic E-state index is 0.0794. The van der Waals surface area contributed by atoms with Gasteiger partial charge in [-0.25, -0.2) is 13.2 Å². The molecule has 9 nitrogen and oxygen atoms in total. The zero-order valence-corrected chi connectivity index (χ0v) is 16.4. The third-order valence-corrected chi connectivity index (χ3v) is 5.30. The van der Waals surface area contributed by atoms with Gasteiger partial charge in [-0.15, -0.1) is 0 Å². The second-order valence-corrected chi connectivity index (χ2v) is 7.86. The highest BCUT2D eigenvalue weighted by molar-refractivity contribution is 7.90. The van der Waals surface area contributed by atoms with Crippen LogP contribution in [0.5, 0.6) is 0 Å². The minimum atomic E-state index is -4.23. The SMILES string of the molecule is CCOCC(COCC)OC(=O)ONS(=O)(=O)c1ccccc1S(C)=O. The second-order valence-electron chi connectivity index (χ2n) is 4.90. The molecule has 26 heavy (non-hydrogen) atoms. The molecule has 0 aliphatic rings. The molecule has 0 radical (unpaired) electrons. The summed E-state index contributed by atoms with van der Waals surface area (Å²) in [6.07, 6.45) is -0.661. The first-order chi connectivity index (χ1) is 12.3. The molecule has 0 amide bonds. The van der Waals surface area contributed by atoms with E-state index in [0.29, 0.717) is 13.2 Å². The number of carbonyl (C=O) groups is 1. The Kier molecular flexibility index (Phi) is 9.73. The van der Waals surface area contributed by atoms with E-state index in [-0.39, 0.29) is 23.0 Å². The fourth-order valence-electron chi connectivity index (χ4n) is 1.82. The molecule has 1 unspecified atom stereocenters. The van der Waals surface area contributed by atoms with Gasteiger partial charge >= 0.3 is 6.16 Å². The fourth-order valence-corrected chi connectivity index (χ4v) is 3.98. The number of hydrogen-bond acceptors (Lipinski definition) is 8. The van der Waals surface area contributed by atoms with Crippen molar-refractivity contribution in [1.82, 2.24) is 4.89 Å². The van der Waals surface area contributed by atoms with Crippen LogP contribution < -0.4 is 4.89 Å². The molecule has 11 heteroatoms. The lowest BCUT2D eigenvalue weighted by atomic mass is 10.4. The summed E-state index contributed by atoms with van der Waals surface area (Å²) in [7, 11) is -5.77. The number of hydrogen-bond donors (Lipinski definition) is 1. The van der Waals surface area contributed by atoms with E-state index in [2.05, 4.69) is 4.84 Å². The third kappa shape index (κ3) is 7.38. The van der Waals surface area contributed by atoms with Crippen LogP contribution in [0.25, 0.3) is 0 Å². The summed E-state index contributed by atoms with van der Waals surface area (Å²) < 4.78 is 51.5. The largest absolute Gasteiger partial charge is 0.529 e. The first-order valence-corrected chi connectivity index (χ1v) is 10.8. The average molecular weight is 409 g/mol. The maximum atomic E-state index is 12.3. The van der Waals surface area contributed by atoms with Gasteiger partial charge in [-0.1, -0.05) is 12.1 Å². The number of ether oxygens (including phenoxy) is 3. The predicted octanol–water partition coefficient (Wildman–Crippen LogP) is 1.21. The first-order valence-electron chi connectivity index (χ1n) is 7.79. The fraction of sp³-hybridized carbons (Fsp3) is 0.533. The van der Waals surface area contributed by atoms with E-state index < -0.39 is 33.1 Å². The average Bonchev–Trinajstić information content (AvgIpc) is 2.62. The number of sulfonamides is 1. The Bertz CT molecular complexity index is 699. The van der Waals surface area contributed by atoms with Crippen LogP contribution >= 0.6 is 0 Å². The lowest BCUT2D eigenvalue weighted by Gasteiger charge is -2.17. The number of benzene rings is 1. The van der Waals surface area contributed by atoms with E-state index in [1.54, 1.807) is 24.8 Å². The van der Waals surface area contributed by atoms with Gasteiger partial charge in [0.1, 0.15) is 4.90 Å². The Labute approximate surface area is 155 Å². The van der Waals surface area contributed by atoms with Gasteiger partial charge in [0, 0.05) is 19.5 Å². The summed E-state index contributed by atoms with van der Waals surface area (Å²) in [6.45, 7) is 4.54. The molecule has 1 N–H and O–H groups in total. The van der Waals surface area contributed by atoms with Crippen molar-refractivity contribution in [1.29, 1.82) is 0 Å². The summed E-state index contributed by atoms with van der Waals surface area (Å²) >= 11 is 0. The second kappa shape index (κ2) is 11.2. The molecule has 0 saturated carbocycles. The predicted molar refractivity (Wildman–Crippen MR) is 93.4 cm³/mol. The molecule has 0 saturated heterocycles. The highest BCUT2D eigenvalue weighted by atomic mass is 32.2. The van der Waals surface area contributed by atoms with Crippen LogP contribution in [0.3, 0.4) is 0 Å². The van der Waals surface area contributed by atoms with Crippen LogP contribution in [-0.2, 0) is 39.9 Å². The molecule has 1 aromatic rings. The molecule has 0 aromatic heterocycles. The zero-order valence-electron chi connectivity index (χ0n) is 14.8. The van der Waals surface area contributed by atoms with Crippen LogP contribution in [0.2, 0.25) is 0 Å². The van der Waals surface area contributed by atoms with E-state index in [1.807, 2.05) is 0 Å². The van der Waals surface area contributed by atoms with Crippen LogP contribution in [0.4, 0.5) is 4.79 Å². The van der Waals surface area contributed by atoms with E-state index in [0.717, 1.165) is 0 Å². The molecular formula is C15H23NO8S2. The van der Waals surface area contributed by atoms with Crippen molar-refractivity contribution in [3.05, 3.63) is 24.3 Å². The van der Waals surface area contributed by atoms with Gasteiger partial charge in [-0.05, 0) is 30.9 Å². The molecule has 1 atom stereocenters. The number of carbonyl (C=O) groups excluding carboxylic acids is 1. The lowest BCUT2D eigenvalue weighted by Crippen LogP contribution is -2.33. The third-order valence-electron chi connectivity index (χ3n) is 2.96. The van der Waals surface area contributed by atoms with Gasteiger partial charge in [-0.3, -0.25) is 4.21 Å². The Morgan fingerprint density at radius 3 is 2.27 bits per heavy atom.